The van der Waals surface area contributed by atoms with Gasteiger partial charge in [-0.05, 0) is 13.8 Å². The van der Waals surface area contributed by atoms with Crippen LogP contribution in [-0.2, 0) is 23.9 Å². The first-order valence-electron chi connectivity index (χ1n) is 5.24. The maximum atomic E-state index is 11.4. The predicted octanol–water partition coefficient (Wildman–Crippen LogP) is 0.904. The topological polar surface area (TPSA) is 89.9 Å². The first-order valence-corrected chi connectivity index (χ1v) is 5.24. The highest BCUT2D eigenvalue weighted by Crippen LogP contribution is 2.07. The molecule has 0 aliphatic heterocycles. The summed E-state index contributed by atoms with van der Waals surface area (Å²) in [5, 5.41) is 8.50. The third-order valence-electron chi connectivity index (χ3n) is 1.70. The maximum absolute atomic E-state index is 11.4. The SMILES string of the molecule is CCOC(=O)C/C(=C\CC(=O)O)C(=O)OCC. The summed E-state index contributed by atoms with van der Waals surface area (Å²) in [5.74, 6) is -2.37. The van der Waals surface area contributed by atoms with Gasteiger partial charge in [-0.2, -0.15) is 0 Å². The Hall–Kier alpha value is -1.85. The van der Waals surface area contributed by atoms with Gasteiger partial charge in [0.2, 0.25) is 0 Å². The molecule has 0 saturated carbocycles. The third-order valence-corrected chi connectivity index (χ3v) is 1.70. The van der Waals surface area contributed by atoms with Gasteiger partial charge in [-0.3, -0.25) is 9.59 Å². The smallest absolute Gasteiger partial charge is 0.334 e. The molecule has 0 aliphatic carbocycles. The standard InChI is InChI=1S/C11H16O6/c1-3-16-10(14)7-8(5-6-9(12)13)11(15)17-4-2/h5H,3-4,6-7H2,1-2H3,(H,12,13)/b8-5+. The van der Waals surface area contributed by atoms with Gasteiger partial charge in [0.25, 0.3) is 0 Å². The summed E-state index contributed by atoms with van der Waals surface area (Å²) in [7, 11) is 0. The van der Waals surface area contributed by atoms with E-state index in [1.807, 2.05) is 0 Å². The summed E-state index contributed by atoms with van der Waals surface area (Å²) in [6.07, 6.45) is 0.546. The van der Waals surface area contributed by atoms with Crippen LogP contribution in [0.3, 0.4) is 0 Å². The van der Waals surface area contributed by atoms with Crippen LogP contribution in [0.4, 0.5) is 0 Å². The van der Waals surface area contributed by atoms with E-state index in [9.17, 15) is 14.4 Å². The van der Waals surface area contributed by atoms with Crippen LogP contribution >= 0.6 is 0 Å². The molecule has 0 saturated heterocycles. The van der Waals surface area contributed by atoms with Crippen LogP contribution in [0.1, 0.15) is 26.7 Å². The van der Waals surface area contributed by atoms with Crippen LogP contribution in [0, 0.1) is 0 Å². The van der Waals surface area contributed by atoms with E-state index in [1.165, 1.54) is 0 Å². The Morgan fingerprint density at radius 3 is 2.18 bits per heavy atom. The maximum Gasteiger partial charge on any atom is 0.334 e. The van der Waals surface area contributed by atoms with Gasteiger partial charge in [0.15, 0.2) is 0 Å². The molecule has 0 atom stereocenters. The van der Waals surface area contributed by atoms with Crippen molar-refractivity contribution >= 4 is 17.9 Å². The summed E-state index contributed by atoms with van der Waals surface area (Å²) >= 11 is 0. The number of carbonyl (C=O) groups excluding carboxylic acids is 2. The van der Waals surface area contributed by atoms with Gasteiger partial charge < -0.3 is 14.6 Å². The molecular weight excluding hydrogens is 228 g/mol. The number of aliphatic carboxylic acids is 1. The van der Waals surface area contributed by atoms with Crippen molar-refractivity contribution in [2.24, 2.45) is 0 Å². The molecule has 0 unspecified atom stereocenters. The van der Waals surface area contributed by atoms with Crippen molar-refractivity contribution in [2.75, 3.05) is 13.2 Å². The minimum Gasteiger partial charge on any atom is -0.481 e. The Morgan fingerprint density at radius 1 is 1.12 bits per heavy atom. The first-order chi connectivity index (χ1) is 8.01. The molecule has 17 heavy (non-hydrogen) atoms. The van der Waals surface area contributed by atoms with Gasteiger partial charge in [-0.25, -0.2) is 4.79 Å². The number of carboxylic acid groups (broad SMARTS) is 1. The number of carboxylic acids is 1. The summed E-state index contributed by atoms with van der Waals surface area (Å²) in [5.41, 5.74) is 0.00713. The molecule has 0 fully saturated rings. The van der Waals surface area contributed by atoms with Gasteiger partial charge in [-0.15, -0.1) is 0 Å². The monoisotopic (exact) mass is 244 g/mol. The van der Waals surface area contributed by atoms with Crippen LogP contribution in [0.5, 0.6) is 0 Å². The minimum absolute atomic E-state index is 0.00713. The average molecular weight is 244 g/mol. The van der Waals surface area contributed by atoms with Crippen molar-refractivity contribution < 1.29 is 29.0 Å². The number of esters is 2. The summed E-state index contributed by atoms with van der Waals surface area (Å²) in [6.45, 7) is 3.62. The Labute approximate surface area is 99.2 Å². The Morgan fingerprint density at radius 2 is 1.71 bits per heavy atom. The Balaban J connectivity index is 4.60. The largest absolute Gasteiger partial charge is 0.481 e. The zero-order valence-corrected chi connectivity index (χ0v) is 9.89. The molecule has 0 aromatic heterocycles. The third kappa shape index (κ3) is 7.10. The van der Waals surface area contributed by atoms with Crippen molar-refractivity contribution in [3.8, 4) is 0 Å². The van der Waals surface area contributed by atoms with E-state index in [0.29, 0.717) is 0 Å². The highest BCUT2D eigenvalue weighted by molar-refractivity contribution is 5.94. The highest BCUT2D eigenvalue weighted by Gasteiger charge is 2.16. The zero-order valence-electron chi connectivity index (χ0n) is 9.89. The van der Waals surface area contributed by atoms with Crippen molar-refractivity contribution in [1.29, 1.82) is 0 Å². The lowest BCUT2D eigenvalue weighted by Crippen LogP contribution is -2.14. The van der Waals surface area contributed by atoms with Crippen LogP contribution in [-0.4, -0.2) is 36.2 Å². The van der Waals surface area contributed by atoms with Crippen LogP contribution < -0.4 is 0 Å². The Kier molecular flexibility index (Phi) is 7.41. The van der Waals surface area contributed by atoms with Crippen molar-refractivity contribution in [3.63, 3.8) is 0 Å². The normalized spacial score (nSPS) is 10.8. The van der Waals surface area contributed by atoms with Gasteiger partial charge in [0, 0.05) is 5.57 Å². The summed E-state index contributed by atoms with van der Waals surface area (Å²) < 4.78 is 9.38. The van der Waals surface area contributed by atoms with Gasteiger partial charge in [-0.1, -0.05) is 6.08 Å². The van der Waals surface area contributed by atoms with E-state index in [1.54, 1.807) is 13.8 Å². The molecule has 6 nitrogen and oxygen atoms in total. The number of carbonyl (C=O) groups is 3. The second-order valence-corrected chi connectivity index (χ2v) is 3.03. The lowest BCUT2D eigenvalue weighted by atomic mass is 10.1. The fourth-order valence-corrected chi connectivity index (χ4v) is 1.03. The van der Waals surface area contributed by atoms with E-state index in [0.717, 1.165) is 6.08 Å². The van der Waals surface area contributed by atoms with Gasteiger partial charge in [0.1, 0.15) is 0 Å². The molecular formula is C11H16O6. The number of rotatable bonds is 7. The quantitative estimate of drug-likeness (QED) is 0.528. The Bertz CT molecular complexity index is 318. The molecule has 0 amide bonds. The number of hydrogen-bond donors (Lipinski definition) is 1. The predicted molar refractivity (Wildman–Crippen MR) is 58.2 cm³/mol. The number of ether oxygens (including phenoxy) is 2. The average Bonchev–Trinajstić information content (AvgIpc) is 2.24. The van der Waals surface area contributed by atoms with Crippen LogP contribution in [0.15, 0.2) is 11.6 Å². The van der Waals surface area contributed by atoms with E-state index in [-0.39, 0.29) is 31.6 Å². The van der Waals surface area contributed by atoms with Gasteiger partial charge in [0.05, 0.1) is 26.1 Å². The van der Waals surface area contributed by atoms with E-state index < -0.39 is 17.9 Å². The highest BCUT2D eigenvalue weighted by atomic mass is 16.5. The van der Waals surface area contributed by atoms with E-state index >= 15 is 0 Å². The molecule has 0 radical (unpaired) electrons. The summed E-state index contributed by atoms with van der Waals surface area (Å²) in [6, 6.07) is 0. The van der Waals surface area contributed by atoms with Crippen molar-refractivity contribution in [1.82, 2.24) is 0 Å². The molecule has 0 aromatic rings. The molecule has 96 valence electrons. The second-order valence-electron chi connectivity index (χ2n) is 3.03. The second kappa shape index (κ2) is 8.32. The molecule has 0 heterocycles. The van der Waals surface area contributed by atoms with E-state index in [4.69, 9.17) is 9.84 Å². The van der Waals surface area contributed by atoms with Crippen LogP contribution in [0.2, 0.25) is 0 Å². The fourth-order valence-electron chi connectivity index (χ4n) is 1.03. The fraction of sp³-hybridized carbons (Fsp3) is 0.545. The summed E-state index contributed by atoms with van der Waals surface area (Å²) in [4.78, 5) is 33.0. The molecule has 1 N–H and O–H groups in total. The van der Waals surface area contributed by atoms with Crippen molar-refractivity contribution in [3.05, 3.63) is 11.6 Å². The molecule has 0 aromatic carbocycles. The molecule has 6 heteroatoms. The van der Waals surface area contributed by atoms with Crippen molar-refractivity contribution in [2.45, 2.75) is 26.7 Å². The first kappa shape index (κ1) is 15.2. The zero-order chi connectivity index (χ0) is 13.3. The molecule has 0 rings (SSSR count). The van der Waals surface area contributed by atoms with Crippen LogP contribution in [0.25, 0.3) is 0 Å². The number of hydrogen-bond acceptors (Lipinski definition) is 5. The minimum atomic E-state index is -1.09. The lowest BCUT2D eigenvalue weighted by molar-refractivity contribution is -0.145. The van der Waals surface area contributed by atoms with E-state index in [2.05, 4.69) is 4.74 Å². The molecule has 0 aliphatic rings. The molecule has 0 bridgehead atoms. The molecule has 0 spiro atoms. The lowest BCUT2D eigenvalue weighted by Gasteiger charge is -2.06. The van der Waals surface area contributed by atoms with Gasteiger partial charge >= 0.3 is 17.9 Å².